The highest BCUT2D eigenvalue weighted by molar-refractivity contribution is 5.85. The van der Waals surface area contributed by atoms with Gasteiger partial charge < -0.3 is 19.3 Å². The number of aliphatic hydroxyl groups is 1. The van der Waals surface area contributed by atoms with Gasteiger partial charge in [0.2, 0.25) is 6.79 Å². The summed E-state index contributed by atoms with van der Waals surface area (Å²) in [6.45, 7) is 10.2. The zero-order chi connectivity index (χ0) is 20.2. The molecule has 0 aliphatic carbocycles. The van der Waals surface area contributed by atoms with Crippen LogP contribution in [0.5, 0.6) is 17.2 Å². The number of aryl methyl sites for hydroxylation is 2. The molecule has 0 aromatic heterocycles. The first-order chi connectivity index (χ1) is 14.1. The molecule has 0 spiro atoms. The van der Waals surface area contributed by atoms with Crippen LogP contribution in [0.1, 0.15) is 16.7 Å². The molecular weight excluding hydrogens is 404 g/mol. The molecule has 0 radical (unpaired) electrons. The minimum atomic E-state index is -0.489. The number of hydrogen-bond acceptors (Lipinski definition) is 6. The van der Waals surface area contributed by atoms with Crippen LogP contribution in [-0.2, 0) is 6.54 Å². The Labute approximate surface area is 184 Å². The quantitative estimate of drug-likeness (QED) is 0.723. The molecule has 4 rings (SSSR count). The van der Waals surface area contributed by atoms with E-state index < -0.39 is 6.10 Å². The number of fused-ring (bicyclic) bond motifs is 1. The zero-order valence-corrected chi connectivity index (χ0v) is 18.5. The van der Waals surface area contributed by atoms with Crippen molar-refractivity contribution in [3.8, 4) is 17.2 Å². The van der Waals surface area contributed by atoms with Crippen LogP contribution >= 0.6 is 12.4 Å². The summed E-state index contributed by atoms with van der Waals surface area (Å²) in [6, 6.07) is 12.2. The van der Waals surface area contributed by atoms with Crippen LogP contribution < -0.4 is 14.2 Å². The average Bonchev–Trinajstić information content (AvgIpc) is 3.18. The van der Waals surface area contributed by atoms with Gasteiger partial charge in [-0.15, -0.1) is 12.4 Å². The van der Waals surface area contributed by atoms with Gasteiger partial charge in [0.1, 0.15) is 18.5 Å². The molecule has 164 valence electrons. The summed E-state index contributed by atoms with van der Waals surface area (Å²) < 4.78 is 16.6. The van der Waals surface area contributed by atoms with E-state index in [0.29, 0.717) is 19.9 Å². The summed E-state index contributed by atoms with van der Waals surface area (Å²) in [6.07, 6.45) is -0.489. The average molecular weight is 435 g/mol. The summed E-state index contributed by atoms with van der Waals surface area (Å²) in [4.78, 5) is 4.75. The van der Waals surface area contributed by atoms with Crippen LogP contribution in [0.25, 0.3) is 0 Å². The largest absolute Gasteiger partial charge is 0.491 e. The molecule has 1 fully saturated rings. The molecule has 1 N–H and O–H groups in total. The van der Waals surface area contributed by atoms with Crippen LogP contribution in [0.15, 0.2) is 36.4 Å². The van der Waals surface area contributed by atoms with E-state index in [2.05, 4.69) is 41.8 Å². The lowest BCUT2D eigenvalue weighted by atomic mass is 10.1. The SMILES string of the molecule is Cc1ccc(OCC(O)CN2CCN(Cc3ccc4c(c3)OCO4)CC2)cc1C.Cl. The number of benzene rings is 2. The predicted octanol–water partition coefficient (Wildman–Crippen LogP) is 3.01. The van der Waals surface area contributed by atoms with Gasteiger partial charge in [-0.2, -0.15) is 0 Å². The van der Waals surface area contributed by atoms with Gasteiger partial charge in [0, 0.05) is 39.3 Å². The molecule has 7 heteroatoms. The lowest BCUT2D eigenvalue weighted by Gasteiger charge is -2.35. The maximum atomic E-state index is 10.4. The number of hydrogen-bond donors (Lipinski definition) is 1. The minimum Gasteiger partial charge on any atom is -0.491 e. The van der Waals surface area contributed by atoms with Crippen molar-refractivity contribution in [3.63, 3.8) is 0 Å². The van der Waals surface area contributed by atoms with Gasteiger partial charge in [-0.1, -0.05) is 12.1 Å². The van der Waals surface area contributed by atoms with Crippen molar-refractivity contribution < 1.29 is 19.3 Å². The second kappa shape index (κ2) is 10.4. The Balaban J connectivity index is 0.00000256. The molecular formula is C23H31ClN2O4. The fourth-order valence-corrected chi connectivity index (χ4v) is 3.77. The molecule has 2 aliphatic heterocycles. The number of nitrogens with zero attached hydrogens (tertiary/aromatic N) is 2. The fraction of sp³-hybridized carbons (Fsp3) is 0.478. The fourth-order valence-electron chi connectivity index (χ4n) is 3.77. The Morgan fingerprint density at radius 1 is 0.933 bits per heavy atom. The molecule has 30 heavy (non-hydrogen) atoms. The first kappa shape index (κ1) is 22.7. The van der Waals surface area contributed by atoms with Crippen molar-refractivity contribution >= 4 is 12.4 Å². The summed E-state index contributed by atoms with van der Waals surface area (Å²) in [5.74, 6) is 2.49. The van der Waals surface area contributed by atoms with Gasteiger partial charge in [-0.3, -0.25) is 9.80 Å². The van der Waals surface area contributed by atoms with Crippen molar-refractivity contribution in [1.29, 1.82) is 0 Å². The third kappa shape index (κ3) is 5.79. The van der Waals surface area contributed by atoms with Gasteiger partial charge in [-0.25, -0.2) is 0 Å². The molecule has 2 aliphatic rings. The first-order valence-corrected chi connectivity index (χ1v) is 10.3. The highest BCUT2D eigenvalue weighted by atomic mass is 35.5. The topological polar surface area (TPSA) is 54.4 Å². The summed E-state index contributed by atoms with van der Waals surface area (Å²) in [5, 5.41) is 10.4. The van der Waals surface area contributed by atoms with Crippen molar-refractivity contribution in [2.75, 3.05) is 46.1 Å². The van der Waals surface area contributed by atoms with Gasteiger partial charge in [0.15, 0.2) is 11.5 Å². The molecule has 6 nitrogen and oxygen atoms in total. The highest BCUT2D eigenvalue weighted by Crippen LogP contribution is 2.32. The van der Waals surface area contributed by atoms with Gasteiger partial charge >= 0.3 is 0 Å². The van der Waals surface area contributed by atoms with Crippen molar-refractivity contribution in [2.45, 2.75) is 26.5 Å². The maximum absolute atomic E-state index is 10.4. The number of ether oxygens (including phenoxy) is 3. The molecule has 0 bridgehead atoms. The third-order valence-electron chi connectivity index (χ3n) is 5.70. The number of halogens is 1. The second-order valence-corrected chi connectivity index (χ2v) is 7.98. The van der Waals surface area contributed by atoms with E-state index in [1.165, 1.54) is 16.7 Å². The van der Waals surface area contributed by atoms with Gasteiger partial charge in [0.05, 0.1) is 0 Å². The van der Waals surface area contributed by atoms with E-state index in [1.54, 1.807) is 0 Å². The van der Waals surface area contributed by atoms with Crippen LogP contribution in [-0.4, -0.2) is 67.1 Å². The Bertz CT molecular complexity index is 840. The Morgan fingerprint density at radius 2 is 1.67 bits per heavy atom. The molecule has 1 atom stereocenters. The van der Waals surface area contributed by atoms with E-state index >= 15 is 0 Å². The third-order valence-corrected chi connectivity index (χ3v) is 5.70. The smallest absolute Gasteiger partial charge is 0.231 e. The number of aliphatic hydroxyl groups excluding tert-OH is 1. The number of β-amino-alcohol motifs (C(OH)–C–C–N with tert-alkyl or cyclic N) is 1. The first-order valence-electron chi connectivity index (χ1n) is 10.3. The number of piperazine rings is 1. The molecule has 2 heterocycles. The van der Waals surface area contributed by atoms with Crippen LogP contribution in [0.2, 0.25) is 0 Å². The van der Waals surface area contributed by atoms with Crippen molar-refractivity contribution in [3.05, 3.63) is 53.1 Å². The Hall–Kier alpha value is -1.99. The minimum absolute atomic E-state index is 0. The Morgan fingerprint density at radius 3 is 2.43 bits per heavy atom. The molecule has 2 aromatic carbocycles. The standard InChI is InChI=1S/C23H30N2O4.ClH/c1-17-3-5-21(11-18(17)2)27-15-20(26)14-25-9-7-24(8-10-25)13-19-4-6-22-23(12-19)29-16-28-22;/h3-6,11-12,20,26H,7-10,13-16H2,1-2H3;1H. The predicted molar refractivity (Wildman–Crippen MR) is 119 cm³/mol. The van der Waals surface area contributed by atoms with Crippen molar-refractivity contribution in [2.24, 2.45) is 0 Å². The van der Waals surface area contributed by atoms with Gasteiger partial charge in [-0.05, 0) is 54.8 Å². The molecule has 2 aromatic rings. The van der Waals surface area contributed by atoms with Crippen LogP contribution in [0.3, 0.4) is 0 Å². The molecule has 1 unspecified atom stereocenters. The van der Waals surface area contributed by atoms with E-state index in [-0.39, 0.29) is 12.4 Å². The monoisotopic (exact) mass is 434 g/mol. The van der Waals surface area contributed by atoms with E-state index in [1.807, 2.05) is 18.2 Å². The van der Waals surface area contributed by atoms with Crippen LogP contribution in [0, 0.1) is 13.8 Å². The molecule has 1 saturated heterocycles. The van der Waals surface area contributed by atoms with Crippen LogP contribution in [0.4, 0.5) is 0 Å². The lowest BCUT2D eigenvalue weighted by Crippen LogP contribution is -2.48. The van der Waals surface area contributed by atoms with E-state index in [0.717, 1.165) is 50.0 Å². The lowest BCUT2D eigenvalue weighted by molar-refractivity contribution is 0.0446. The second-order valence-electron chi connectivity index (χ2n) is 7.98. The van der Waals surface area contributed by atoms with E-state index in [9.17, 15) is 5.11 Å². The number of rotatable bonds is 7. The van der Waals surface area contributed by atoms with Gasteiger partial charge in [0.25, 0.3) is 0 Å². The highest BCUT2D eigenvalue weighted by Gasteiger charge is 2.21. The summed E-state index contributed by atoms with van der Waals surface area (Å²) in [5.41, 5.74) is 3.69. The molecule has 0 saturated carbocycles. The van der Waals surface area contributed by atoms with E-state index in [4.69, 9.17) is 14.2 Å². The normalized spacial score (nSPS) is 17.4. The maximum Gasteiger partial charge on any atom is 0.231 e. The van der Waals surface area contributed by atoms with Crippen molar-refractivity contribution in [1.82, 2.24) is 9.80 Å². The summed E-state index contributed by atoms with van der Waals surface area (Å²) in [7, 11) is 0. The Kier molecular flexibility index (Phi) is 7.83. The molecule has 0 amide bonds. The summed E-state index contributed by atoms with van der Waals surface area (Å²) >= 11 is 0. The zero-order valence-electron chi connectivity index (χ0n) is 17.7.